The fourth-order valence-corrected chi connectivity index (χ4v) is 0.514. The van der Waals surface area contributed by atoms with E-state index in [1.165, 1.54) is 7.05 Å². The van der Waals surface area contributed by atoms with Crippen LogP contribution in [0.25, 0.3) is 0 Å². The molecule has 0 fully saturated rings. The smallest absolute Gasteiger partial charge is 0.264 e. The Morgan fingerprint density at radius 2 is 2.08 bits per heavy atom. The van der Waals surface area contributed by atoms with Crippen LogP contribution in [0, 0.1) is 0 Å². The fourth-order valence-electron chi connectivity index (χ4n) is 0.514. The van der Waals surface area contributed by atoms with Gasteiger partial charge in [-0.1, -0.05) is 0 Å². The van der Waals surface area contributed by atoms with Crippen molar-refractivity contribution in [1.29, 1.82) is 0 Å². The van der Waals surface area contributed by atoms with Crippen LogP contribution in [0.2, 0.25) is 0 Å². The molecule has 2 amide bonds. The number of carbonyl (C=O) groups is 2. The van der Waals surface area contributed by atoms with Gasteiger partial charge in [-0.05, 0) is 0 Å². The van der Waals surface area contributed by atoms with Crippen LogP contribution in [0.4, 0.5) is 4.39 Å². The maximum atomic E-state index is 12.6. The van der Waals surface area contributed by atoms with Crippen molar-refractivity contribution in [2.75, 3.05) is 20.2 Å². The average Bonchev–Trinajstić information content (AvgIpc) is 2.11. The molecule has 5 nitrogen and oxygen atoms in total. The molecule has 0 bridgehead atoms. The quantitative estimate of drug-likeness (QED) is 0.443. The monoisotopic (exact) mass is 178 g/mol. The molecule has 0 aliphatic rings. The van der Waals surface area contributed by atoms with Crippen LogP contribution in [0.1, 0.15) is 0 Å². The highest BCUT2D eigenvalue weighted by molar-refractivity contribution is 6.02. The van der Waals surface area contributed by atoms with E-state index in [1.54, 1.807) is 0 Å². The lowest BCUT2D eigenvalue weighted by molar-refractivity contribution is -0.136. The molecule has 0 heterocycles. The van der Waals surface area contributed by atoms with Crippen LogP contribution in [0.5, 0.6) is 0 Å². The number of nitrogens with one attached hydrogen (secondary N) is 2. The normalized spacial score (nSPS) is 11.9. The van der Waals surface area contributed by atoms with Crippen molar-refractivity contribution in [2.24, 2.45) is 0 Å². The van der Waals surface area contributed by atoms with Crippen molar-refractivity contribution < 1.29 is 19.1 Å². The molecule has 0 rings (SSSR count). The highest BCUT2D eigenvalue weighted by Crippen LogP contribution is 1.89. The zero-order chi connectivity index (χ0) is 9.56. The predicted octanol–water partition coefficient (Wildman–Crippen LogP) is -1.82. The van der Waals surface area contributed by atoms with Crippen molar-refractivity contribution in [3.05, 3.63) is 0 Å². The SMILES string of the molecule is CNC(=O)C(F)C(=O)NCCO. The number of halogens is 1. The largest absolute Gasteiger partial charge is 0.395 e. The zero-order valence-corrected chi connectivity index (χ0v) is 6.63. The number of aliphatic hydroxyl groups is 1. The number of rotatable bonds is 4. The van der Waals surface area contributed by atoms with Gasteiger partial charge in [-0.25, -0.2) is 4.39 Å². The average molecular weight is 178 g/mol. The second-order valence-corrected chi connectivity index (χ2v) is 1.99. The molecule has 70 valence electrons. The molecule has 3 N–H and O–H groups in total. The van der Waals surface area contributed by atoms with Gasteiger partial charge < -0.3 is 15.7 Å². The lowest BCUT2D eigenvalue weighted by Crippen LogP contribution is -2.42. The van der Waals surface area contributed by atoms with Gasteiger partial charge in [0, 0.05) is 13.6 Å². The maximum absolute atomic E-state index is 12.6. The fraction of sp³-hybridized carbons (Fsp3) is 0.667. The van der Waals surface area contributed by atoms with Gasteiger partial charge in [-0.2, -0.15) is 0 Å². The van der Waals surface area contributed by atoms with E-state index in [4.69, 9.17) is 5.11 Å². The summed E-state index contributed by atoms with van der Waals surface area (Å²) in [5.74, 6) is -2.03. The van der Waals surface area contributed by atoms with Crippen molar-refractivity contribution in [3.63, 3.8) is 0 Å². The first kappa shape index (κ1) is 10.8. The summed E-state index contributed by atoms with van der Waals surface area (Å²) in [4.78, 5) is 21.2. The maximum Gasteiger partial charge on any atom is 0.264 e. The molecule has 0 saturated carbocycles. The van der Waals surface area contributed by atoms with Crippen LogP contribution < -0.4 is 10.6 Å². The van der Waals surface area contributed by atoms with Crippen LogP contribution in [-0.2, 0) is 9.59 Å². The highest BCUT2D eigenvalue weighted by Gasteiger charge is 2.23. The van der Waals surface area contributed by atoms with Gasteiger partial charge in [-0.15, -0.1) is 0 Å². The Balaban J connectivity index is 3.84. The third-order valence-electron chi connectivity index (χ3n) is 1.12. The molecule has 0 aromatic carbocycles. The van der Waals surface area contributed by atoms with Crippen molar-refractivity contribution in [3.8, 4) is 0 Å². The van der Waals surface area contributed by atoms with E-state index in [0.29, 0.717) is 0 Å². The standard InChI is InChI=1S/C6H11FN2O3/c1-8-5(11)4(7)6(12)9-2-3-10/h4,10H,2-3H2,1H3,(H,8,11)(H,9,12). The molecule has 12 heavy (non-hydrogen) atoms. The third-order valence-corrected chi connectivity index (χ3v) is 1.12. The molecule has 0 spiro atoms. The van der Waals surface area contributed by atoms with E-state index >= 15 is 0 Å². The summed E-state index contributed by atoms with van der Waals surface area (Å²) in [5.41, 5.74) is 0. The molecular formula is C6H11FN2O3. The van der Waals surface area contributed by atoms with E-state index < -0.39 is 18.0 Å². The summed E-state index contributed by atoms with van der Waals surface area (Å²) in [6.45, 7) is -0.345. The molecule has 1 atom stereocenters. The summed E-state index contributed by atoms with van der Waals surface area (Å²) < 4.78 is 12.6. The number of hydrogen-bond acceptors (Lipinski definition) is 3. The van der Waals surface area contributed by atoms with Gasteiger partial charge in [0.1, 0.15) is 0 Å². The second kappa shape index (κ2) is 5.48. The van der Waals surface area contributed by atoms with Gasteiger partial charge in [0.25, 0.3) is 18.0 Å². The van der Waals surface area contributed by atoms with E-state index in [0.717, 1.165) is 0 Å². The minimum absolute atomic E-state index is 0.0593. The minimum atomic E-state index is -2.21. The molecule has 0 radical (unpaired) electrons. The van der Waals surface area contributed by atoms with Crippen LogP contribution in [0.15, 0.2) is 0 Å². The van der Waals surface area contributed by atoms with E-state index in [2.05, 4.69) is 0 Å². The Morgan fingerprint density at radius 3 is 2.50 bits per heavy atom. The lowest BCUT2D eigenvalue weighted by Gasteiger charge is -2.06. The molecular weight excluding hydrogens is 167 g/mol. The summed E-state index contributed by atoms with van der Waals surface area (Å²) in [6, 6.07) is 0. The summed E-state index contributed by atoms with van der Waals surface area (Å²) >= 11 is 0. The topological polar surface area (TPSA) is 78.4 Å². The third kappa shape index (κ3) is 3.29. The molecule has 0 saturated heterocycles. The highest BCUT2D eigenvalue weighted by atomic mass is 19.1. The van der Waals surface area contributed by atoms with Gasteiger partial charge in [-0.3, -0.25) is 9.59 Å². The van der Waals surface area contributed by atoms with Gasteiger partial charge >= 0.3 is 0 Å². The first-order chi connectivity index (χ1) is 5.63. The van der Waals surface area contributed by atoms with Crippen molar-refractivity contribution in [1.82, 2.24) is 10.6 Å². The number of aliphatic hydroxyl groups excluding tert-OH is 1. The van der Waals surface area contributed by atoms with Gasteiger partial charge in [0.15, 0.2) is 0 Å². The van der Waals surface area contributed by atoms with Gasteiger partial charge in [0.05, 0.1) is 6.61 Å². The van der Waals surface area contributed by atoms with Crippen molar-refractivity contribution in [2.45, 2.75) is 6.17 Å². The molecule has 0 aromatic heterocycles. The summed E-state index contributed by atoms with van der Waals surface area (Å²) in [7, 11) is 1.23. The Bertz CT molecular complexity index is 174. The molecule has 0 aliphatic heterocycles. The Labute approximate surface area is 68.9 Å². The molecule has 6 heteroatoms. The summed E-state index contributed by atoms with van der Waals surface area (Å²) in [5, 5.41) is 12.3. The molecule has 0 aliphatic carbocycles. The van der Waals surface area contributed by atoms with Crippen LogP contribution in [-0.4, -0.2) is 43.3 Å². The first-order valence-corrected chi connectivity index (χ1v) is 3.37. The minimum Gasteiger partial charge on any atom is -0.395 e. The molecule has 1 unspecified atom stereocenters. The molecule has 0 aromatic rings. The van der Waals surface area contributed by atoms with E-state index in [1.807, 2.05) is 10.6 Å². The van der Waals surface area contributed by atoms with Crippen molar-refractivity contribution >= 4 is 11.8 Å². The number of carbonyl (C=O) groups excluding carboxylic acids is 2. The Hall–Kier alpha value is -1.17. The number of alkyl halides is 1. The van der Waals surface area contributed by atoms with Crippen LogP contribution in [0.3, 0.4) is 0 Å². The van der Waals surface area contributed by atoms with E-state index in [-0.39, 0.29) is 13.2 Å². The second-order valence-electron chi connectivity index (χ2n) is 1.99. The number of hydrogen-bond donors (Lipinski definition) is 3. The Kier molecular flexibility index (Phi) is 4.94. The lowest BCUT2D eigenvalue weighted by atomic mass is 10.3. The van der Waals surface area contributed by atoms with Gasteiger partial charge in [0.2, 0.25) is 0 Å². The Morgan fingerprint density at radius 1 is 1.50 bits per heavy atom. The van der Waals surface area contributed by atoms with Crippen LogP contribution >= 0.6 is 0 Å². The summed E-state index contributed by atoms with van der Waals surface area (Å²) in [6.07, 6.45) is -2.21. The van der Waals surface area contributed by atoms with E-state index in [9.17, 15) is 14.0 Å². The first-order valence-electron chi connectivity index (χ1n) is 3.37. The zero-order valence-electron chi connectivity index (χ0n) is 6.63. The number of amides is 2. The predicted molar refractivity (Wildman–Crippen MR) is 39.1 cm³/mol.